The molecule has 2 aromatic carbocycles. The normalized spacial score (nSPS) is 11.5. The second-order valence-electron chi connectivity index (χ2n) is 5.95. The third-order valence-corrected chi connectivity index (χ3v) is 4.05. The van der Waals surface area contributed by atoms with Crippen molar-refractivity contribution >= 4 is 22.7 Å². The van der Waals surface area contributed by atoms with E-state index in [1.54, 1.807) is 18.2 Å². The van der Waals surface area contributed by atoms with Gasteiger partial charge in [-0.25, -0.2) is 14.9 Å². The number of aromatic nitrogens is 3. The van der Waals surface area contributed by atoms with Crippen LogP contribution in [0, 0.1) is 0 Å². The highest BCUT2D eigenvalue weighted by atomic mass is 19.4. The molecular weight excluding hydrogens is 369 g/mol. The number of hydrogen-bond donors (Lipinski definition) is 1. The van der Waals surface area contributed by atoms with Gasteiger partial charge in [0.2, 0.25) is 0 Å². The Kier molecular flexibility index (Phi) is 4.31. The number of fused-ring (bicyclic) bond motifs is 1. The average Bonchev–Trinajstić information content (AvgIpc) is 2.68. The van der Waals surface area contributed by atoms with Crippen LogP contribution in [0.5, 0.6) is 5.75 Å². The number of nitrogens with zero attached hydrogens (tertiary/aromatic N) is 4. The third-order valence-electron chi connectivity index (χ3n) is 4.05. The molecule has 28 heavy (non-hydrogen) atoms. The summed E-state index contributed by atoms with van der Waals surface area (Å²) in [6.07, 6.45) is -3.15. The second-order valence-corrected chi connectivity index (χ2v) is 5.95. The number of phenols is 1. The average molecular weight is 382 g/mol. The molecule has 1 N–H and O–H groups in total. The molecule has 4 aromatic rings. The topological polar surface area (TPSA) is 62.1 Å². The monoisotopic (exact) mass is 382 g/mol. The van der Waals surface area contributed by atoms with Crippen molar-refractivity contribution in [1.29, 1.82) is 0 Å². The van der Waals surface area contributed by atoms with E-state index >= 15 is 0 Å². The van der Waals surface area contributed by atoms with Crippen molar-refractivity contribution in [2.24, 2.45) is 0 Å². The molecule has 140 valence electrons. The van der Waals surface area contributed by atoms with E-state index in [1.165, 1.54) is 54.7 Å². The molecule has 0 unspecified atom stereocenters. The molecule has 0 fully saturated rings. The first-order valence-corrected chi connectivity index (χ1v) is 8.27. The lowest BCUT2D eigenvalue weighted by molar-refractivity contribution is -0.121. The number of benzene rings is 2. The summed E-state index contributed by atoms with van der Waals surface area (Å²) in [5.74, 6) is -0.204. The van der Waals surface area contributed by atoms with E-state index in [-0.39, 0.29) is 27.8 Å². The van der Waals surface area contributed by atoms with Gasteiger partial charge in [0.05, 0.1) is 17.6 Å². The van der Waals surface area contributed by atoms with Gasteiger partial charge in [-0.05, 0) is 48.5 Å². The van der Waals surface area contributed by atoms with Crippen molar-refractivity contribution < 1.29 is 18.3 Å². The molecule has 0 aliphatic carbocycles. The van der Waals surface area contributed by atoms with Gasteiger partial charge in [0.1, 0.15) is 17.1 Å². The van der Waals surface area contributed by atoms with E-state index in [2.05, 4.69) is 15.0 Å². The molecule has 0 amide bonds. The minimum absolute atomic E-state index is 0.0514. The molecule has 2 heterocycles. The van der Waals surface area contributed by atoms with E-state index in [1.807, 2.05) is 0 Å². The smallest absolute Gasteiger partial charge is 0.490 e. The Morgan fingerprint density at radius 2 is 1.54 bits per heavy atom. The van der Waals surface area contributed by atoms with Crippen LogP contribution < -0.4 is 4.90 Å². The summed E-state index contributed by atoms with van der Waals surface area (Å²) in [5, 5.41) is 9.40. The second kappa shape index (κ2) is 6.80. The van der Waals surface area contributed by atoms with E-state index in [9.17, 15) is 18.3 Å². The summed E-state index contributed by atoms with van der Waals surface area (Å²) in [7, 11) is 0. The van der Waals surface area contributed by atoms with Gasteiger partial charge in [0.15, 0.2) is 5.65 Å². The zero-order valence-corrected chi connectivity index (χ0v) is 14.3. The molecule has 0 radical (unpaired) electrons. The van der Waals surface area contributed by atoms with Crippen LogP contribution in [-0.2, 0) is 0 Å². The molecule has 0 saturated carbocycles. The number of hydrogen-bond acceptors (Lipinski definition) is 5. The minimum atomic E-state index is -4.66. The standard InChI is InChI=1S/C20H13F3N4O/c21-20(22,23)27(14-4-2-1-3-5-14)18-11-10-16-19(26-18)25-17(12-24-16)13-6-8-15(28)9-7-13/h1-12,28H. The van der Waals surface area contributed by atoms with Gasteiger partial charge in [0.25, 0.3) is 0 Å². The molecule has 4 rings (SSSR count). The first-order valence-electron chi connectivity index (χ1n) is 8.27. The van der Waals surface area contributed by atoms with E-state index in [0.29, 0.717) is 16.8 Å². The first-order chi connectivity index (χ1) is 13.4. The van der Waals surface area contributed by atoms with Crippen LogP contribution in [-0.4, -0.2) is 26.4 Å². The van der Waals surface area contributed by atoms with Gasteiger partial charge in [-0.1, -0.05) is 18.2 Å². The maximum atomic E-state index is 13.7. The largest absolute Gasteiger partial charge is 0.508 e. The first kappa shape index (κ1) is 17.7. The van der Waals surface area contributed by atoms with Crippen molar-refractivity contribution in [2.45, 2.75) is 6.30 Å². The van der Waals surface area contributed by atoms with Crippen LogP contribution in [0.3, 0.4) is 0 Å². The molecule has 0 atom stereocenters. The number of pyridine rings is 1. The molecule has 0 bridgehead atoms. The number of phenolic OH excluding ortho intramolecular Hbond substituents is 1. The number of rotatable bonds is 3. The van der Waals surface area contributed by atoms with E-state index < -0.39 is 6.30 Å². The number of para-hydroxylation sites is 1. The van der Waals surface area contributed by atoms with Gasteiger partial charge < -0.3 is 5.11 Å². The number of halogens is 3. The Bertz CT molecular complexity index is 1120. The molecule has 0 saturated heterocycles. The SMILES string of the molecule is Oc1ccc(-c2cnc3ccc(N(c4ccccc4)C(F)(F)F)nc3n2)cc1. The Hall–Kier alpha value is -3.68. The molecular formula is C20H13F3N4O. The van der Waals surface area contributed by atoms with Crippen LogP contribution in [0.25, 0.3) is 22.4 Å². The Morgan fingerprint density at radius 3 is 2.21 bits per heavy atom. The fraction of sp³-hybridized carbons (Fsp3) is 0.0500. The van der Waals surface area contributed by atoms with Gasteiger partial charge in [-0.15, -0.1) is 13.2 Å². The minimum Gasteiger partial charge on any atom is -0.508 e. The quantitative estimate of drug-likeness (QED) is 0.502. The van der Waals surface area contributed by atoms with Gasteiger partial charge in [-0.2, -0.15) is 0 Å². The highest BCUT2D eigenvalue weighted by Gasteiger charge is 2.39. The van der Waals surface area contributed by atoms with Crippen molar-refractivity contribution in [2.75, 3.05) is 4.90 Å². The predicted molar refractivity (Wildman–Crippen MR) is 99.1 cm³/mol. The summed E-state index contributed by atoms with van der Waals surface area (Å²) in [4.78, 5) is 12.9. The van der Waals surface area contributed by atoms with Crippen molar-refractivity contribution in [3.05, 3.63) is 72.9 Å². The lowest BCUT2D eigenvalue weighted by Crippen LogP contribution is -2.34. The fourth-order valence-electron chi connectivity index (χ4n) is 2.77. The fourth-order valence-corrected chi connectivity index (χ4v) is 2.77. The van der Waals surface area contributed by atoms with Crippen molar-refractivity contribution in [1.82, 2.24) is 15.0 Å². The Labute approximate surface area is 157 Å². The number of aromatic hydroxyl groups is 1. The zero-order valence-electron chi connectivity index (χ0n) is 14.3. The summed E-state index contributed by atoms with van der Waals surface area (Å²) in [6.45, 7) is 0. The lowest BCUT2D eigenvalue weighted by Gasteiger charge is -2.26. The Morgan fingerprint density at radius 1 is 0.821 bits per heavy atom. The molecule has 5 nitrogen and oxygen atoms in total. The highest BCUT2D eigenvalue weighted by Crippen LogP contribution is 2.35. The molecule has 0 aliphatic rings. The van der Waals surface area contributed by atoms with E-state index in [0.717, 1.165) is 0 Å². The molecule has 8 heteroatoms. The number of alkyl halides is 3. The summed E-state index contributed by atoms with van der Waals surface area (Å²) < 4.78 is 41.1. The van der Waals surface area contributed by atoms with Crippen molar-refractivity contribution in [3.8, 4) is 17.0 Å². The highest BCUT2D eigenvalue weighted by molar-refractivity contribution is 5.77. The van der Waals surface area contributed by atoms with Crippen LogP contribution in [0.2, 0.25) is 0 Å². The molecule has 0 spiro atoms. The zero-order chi connectivity index (χ0) is 19.7. The molecule has 0 aliphatic heterocycles. The van der Waals surface area contributed by atoms with Gasteiger partial charge >= 0.3 is 6.30 Å². The maximum absolute atomic E-state index is 13.7. The van der Waals surface area contributed by atoms with Crippen LogP contribution in [0.4, 0.5) is 24.7 Å². The summed E-state index contributed by atoms with van der Waals surface area (Å²) in [5.41, 5.74) is 1.52. The lowest BCUT2D eigenvalue weighted by atomic mass is 10.1. The van der Waals surface area contributed by atoms with Crippen molar-refractivity contribution in [3.63, 3.8) is 0 Å². The number of anilines is 2. The maximum Gasteiger partial charge on any atom is 0.490 e. The molecule has 2 aromatic heterocycles. The predicted octanol–water partition coefficient (Wildman–Crippen LogP) is 5.06. The summed E-state index contributed by atoms with van der Waals surface area (Å²) in [6, 6.07) is 16.4. The van der Waals surface area contributed by atoms with Crippen LogP contribution in [0.1, 0.15) is 0 Å². The third kappa shape index (κ3) is 3.44. The van der Waals surface area contributed by atoms with Crippen LogP contribution >= 0.6 is 0 Å². The Balaban J connectivity index is 1.82. The van der Waals surface area contributed by atoms with Crippen LogP contribution in [0.15, 0.2) is 72.9 Å². The summed E-state index contributed by atoms with van der Waals surface area (Å²) >= 11 is 0. The van der Waals surface area contributed by atoms with E-state index in [4.69, 9.17) is 0 Å². The van der Waals surface area contributed by atoms with Gasteiger partial charge in [0, 0.05) is 5.56 Å². The van der Waals surface area contributed by atoms with Gasteiger partial charge in [-0.3, -0.25) is 4.98 Å².